The van der Waals surface area contributed by atoms with E-state index < -0.39 is 33.0 Å². The van der Waals surface area contributed by atoms with Crippen molar-refractivity contribution in [3.8, 4) is 0 Å². The van der Waals surface area contributed by atoms with Gasteiger partial charge in [-0.15, -0.1) is 0 Å². The summed E-state index contributed by atoms with van der Waals surface area (Å²) >= 11 is 0. The molecule has 0 spiro atoms. The van der Waals surface area contributed by atoms with Crippen LogP contribution < -0.4 is 0 Å². The van der Waals surface area contributed by atoms with Crippen LogP contribution in [0.2, 0.25) is 0 Å². The molecule has 0 aromatic heterocycles. The highest BCUT2D eigenvalue weighted by atomic mass is 32.2. The third kappa shape index (κ3) is 3.18. The van der Waals surface area contributed by atoms with Crippen LogP contribution in [0.1, 0.15) is 26.2 Å². The molecule has 17 heavy (non-hydrogen) atoms. The van der Waals surface area contributed by atoms with E-state index in [1.165, 1.54) is 11.8 Å². The molecule has 0 aromatic rings. The molecule has 1 amide bonds. The molecule has 0 saturated carbocycles. The molecule has 1 heterocycles. The van der Waals surface area contributed by atoms with Gasteiger partial charge in [-0.05, 0) is 26.2 Å². The average Bonchev–Trinajstić information content (AvgIpc) is 2.25. The predicted octanol–water partition coefficient (Wildman–Crippen LogP) is -0.115. The second kappa shape index (κ2) is 5.03. The number of hydrogen-bond acceptors (Lipinski definition) is 4. The largest absolute Gasteiger partial charge is 0.480 e. The van der Waals surface area contributed by atoms with Gasteiger partial charge in [0, 0.05) is 12.8 Å². The van der Waals surface area contributed by atoms with Gasteiger partial charge < -0.3 is 10.0 Å². The Kier molecular flexibility index (Phi) is 4.13. The van der Waals surface area contributed by atoms with Crippen LogP contribution in [0.15, 0.2) is 0 Å². The van der Waals surface area contributed by atoms with E-state index in [1.807, 2.05) is 0 Å². The number of likely N-dealkylation sites (tertiary alicyclic amines) is 1. The van der Waals surface area contributed by atoms with E-state index in [4.69, 9.17) is 5.11 Å². The van der Waals surface area contributed by atoms with E-state index in [1.54, 1.807) is 0 Å². The van der Waals surface area contributed by atoms with E-state index in [2.05, 4.69) is 0 Å². The van der Waals surface area contributed by atoms with E-state index in [9.17, 15) is 18.0 Å². The lowest BCUT2D eigenvalue weighted by Crippen LogP contribution is -2.52. The molecule has 2 atom stereocenters. The summed E-state index contributed by atoms with van der Waals surface area (Å²) in [7, 11) is -3.48. The minimum absolute atomic E-state index is 0.315. The maximum atomic E-state index is 11.9. The third-order valence-electron chi connectivity index (χ3n) is 3.06. The lowest BCUT2D eigenvalue weighted by Gasteiger charge is -2.34. The Morgan fingerprint density at radius 3 is 2.41 bits per heavy atom. The zero-order chi connectivity index (χ0) is 13.2. The summed E-state index contributed by atoms with van der Waals surface area (Å²) < 4.78 is 22.6. The van der Waals surface area contributed by atoms with Gasteiger partial charge in [-0.3, -0.25) is 4.79 Å². The first-order chi connectivity index (χ1) is 7.75. The number of carboxylic acid groups (broad SMARTS) is 1. The third-order valence-corrected chi connectivity index (χ3v) is 4.55. The minimum atomic E-state index is -3.48. The number of carbonyl (C=O) groups excluding carboxylic acids is 1. The van der Waals surface area contributed by atoms with Gasteiger partial charge in [0.2, 0.25) is 5.91 Å². The number of rotatable bonds is 3. The second-order valence-corrected chi connectivity index (χ2v) is 6.72. The number of nitrogens with zero attached hydrogens (tertiary/aromatic N) is 1. The molecule has 7 heteroatoms. The number of hydrogen-bond donors (Lipinski definition) is 1. The van der Waals surface area contributed by atoms with E-state index >= 15 is 0 Å². The summed E-state index contributed by atoms with van der Waals surface area (Å²) in [6.45, 7) is 1.61. The summed E-state index contributed by atoms with van der Waals surface area (Å²) in [4.78, 5) is 24.1. The van der Waals surface area contributed by atoms with Crippen LogP contribution in [0.4, 0.5) is 0 Å². The Morgan fingerprint density at radius 1 is 1.35 bits per heavy atom. The molecule has 0 bridgehead atoms. The quantitative estimate of drug-likeness (QED) is 0.766. The molecule has 1 fully saturated rings. The zero-order valence-electron chi connectivity index (χ0n) is 9.92. The zero-order valence-corrected chi connectivity index (χ0v) is 10.7. The van der Waals surface area contributed by atoms with Crippen LogP contribution in [0, 0.1) is 0 Å². The molecule has 0 aliphatic carbocycles. The first kappa shape index (κ1) is 14.0. The highest BCUT2D eigenvalue weighted by Crippen LogP contribution is 2.19. The Hall–Kier alpha value is -1.11. The SMILES string of the molecule is C[C@@H](C(=O)N1CCCC[C@@H]1C(=O)O)S(C)(=O)=O. The highest BCUT2D eigenvalue weighted by Gasteiger charge is 2.36. The fourth-order valence-electron chi connectivity index (χ4n) is 1.87. The Bertz CT molecular complexity index is 416. The second-order valence-electron chi connectivity index (χ2n) is 4.35. The fraction of sp³-hybridized carbons (Fsp3) is 0.800. The summed E-state index contributed by atoms with van der Waals surface area (Å²) in [5, 5.41) is 7.82. The van der Waals surface area contributed by atoms with Gasteiger partial charge in [0.1, 0.15) is 11.3 Å². The van der Waals surface area contributed by atoms with Crippen molar-refractivity contribution in [2.45, 2.75) is 37.5 Å². The smallest absolute Gasteiger partial charge is 0.326 e. The maximum absolute atomic E-state index is 11.9. The van der Waals surface area contributed by atoms with Crippen molar-refractivity contribution in [3.05, 3.63) is 0 Å². The summed E-state index contributed by atoms with van der Waals surface area (Å²) in [6, 6.07) is -0.888. The molecule has 0 unspecified atom stereocenters. The van der Waals surface area contributed by atoms with E-state index in [0.717, 1.165) is 12.7 Å². The molecule has 6 nitrogen and oxygen atoms in total. The lowest BCUT2D eigenvalue weighted by molar-refractivity contribution is -0.151. The monoisotopic (exact) mass is 263 g/mol. The Morgan fingerprint density at radius 2 is 1.94 bits per heavy atom. The van der Waals surface area contributed by atoms with Gasteiger partial charge >= 0.3 is 5.97 Å². The molecular weight excluding hydrogens is 246 g/mol. The maximum Gasteiger partial charge on any atom is 0.326 e. The number of carbonyl (C=O) groups is 2. The van der Waals surface area contributed by atoms with Crippen LogP contribution in [0.3, 0.4) is 0 Å². The molecule has 1 rings (SSSR count). The molecule has 1 aliphatic heterocycles. The van der Waals surface area contributed by atoms with Crippen molar-refractivity contribution in [1.29, 1.82) is 0 Å². The molecule has 1 aliphatic rings. The van der Waals surface area contributed by atoms with Crippen molar-refractivity contribution in [1.82, 2.24) is 4.90 Å². The number of sulfone groups is 1. The van der Waals surface area contributed by atoms with Crippen LogP contribution in [-0.2, 0) is 19.4 Å². The van der Waals surface area contributed by atoms with Gasteiger partial charge in [0.25, 0.3) is 0 Å². The Balaban J connectivity index is 2.89. The average molecular weight is 263 g/mol. The van der Waals surface area contributed by atoms with Crippen LogP contribution in [0.5, 0.6) is 0 Å². The molecule has 98 valence electrons. The number of aliphatic carboxylic acids is 1. The molecule has 0 radical (unpaired) electrons. The summed E-state index contributed by atoms with van der Waals surface area (Å²) in [5.41, 5.74) is 0. The van der Waals surface area contributed by atoms with Gasteiger partial charge in [0.05, 0.1) is 0 Å². The lowest BCUT2D eigenvalue weighted by atomic mass is 10.0. The van der Waals surface area contributed by atoms with Gasteiger partial charge in [-0.1, -0.05) is 0 Å². The van der Waals surface area contributed by atoms with E-state index in [-0.39, 0.29) is 0 Å². The molecule has 1 N–H and O–H groups in total. The predicted molar refractivity (Wildman–Crippen MR) is 61.3 cm³/mol. The van der Waals surface area contributed by atoms with Crippen LogP contribution in [-0.4, -0.2) is 54.4 Å². The van der Waals surface area contributed by atoms with Crippen molar-refractivity contribution >= 4 is 21.7 Å². The molecular formula is C10H17NO5S. The van der Waals surface area contributed by atoms with E-state index in [0.29, 0.717) is 19.4 Å². The first-order valence-electron chi connectivity index (χ1n) is 5.47. The normalized spacial score (nSPS) is 23.2. The summed E-state index contributed by atoms with van der Waals surface area (Å²) in [5.74, 6) is -1.68. The van der Waals surface area contributed by atoms with Crippen molar-refractivity contribution in [2.24, 2.45) is 0 Å². The topological polar surface area (TPSA) is 91.8 Å². The number of amides is 1. The molecule has 0 aromatic carbocycles. The number of piperidine rings is 1. The van der Waals surface area contributed by atoms with Crippen molar-refractivity contribution in [2.75, 3.05) is 12.8 Å². The number of carboxylic acids is 1. The minimum Gasteiger partial charge on any atom is -0.480 e. The first-order valence-corrected chi connectivity index (χ1v) is 7.42. The summed E-state index contributed by atoms with van der Waals surface area (Å²) in [6.07, 6.45) is 2.83. The van der Waals surface area contributed by atoms with Gasteiger partial charge in [-0.25, -0.2) is 13.2 Å². The highest BCUT2D eigenvalue weighted by molar-refractivity contribution is 7.92. The van der Waals surface area contributed by atoms with Gasteiger partial charge in [0.15, 0.2) is 9.84 Å². The van der Waals surface area contributed by atoms with Crippen molar-refractivity contribution in [3.63, 3.8) is 0 Å². The van der Waals surface area contributed by atoms with Crippen LogP contribution in [0.25, 0.3) is 0 Å². The van der Waals surface area contributed by atoms with Crippen LogP contribution >= 0.6 is 0 Å². The molecule has 1 saturated heterocycles. The Labute approximate surface area is 101 Å². The fourth-order valence-corrected chi connectivity index (χ4v) is 2.37. The standard InChI is InChI=1S/C10H17NO5S/c1-7(17(2,15)16)9(12)11-6-4-3-5-8(11)10(13)14/h7-8H,3-6H2,1-2H3,(H,13,14)/t7-,8+/m0/s1. The van der Waals surface area contributed by atoms with Gasteiger partial charge in [-0.2, -0.15) is 0 Å². The van der Waals surface area contributed by atoms with Crippen molar-refractivity contribution < 1.29 is 23.1 Å².